The van der Waals surface area contributed by atoms with Crippen LogP contribution in [0.25, 0.3) is 4.98 Å². The van der Waals surface area contributed by atoms with E-state index in [1.54, 1.807) is 11.8 Å². The lowest BCUT2D eigenvalue weighted by atomic mass is 10.4. The number of thioether (sulfide) groups is 1. The number of aliphatic hydroxyl groups is 1. The molecule has 11 heavy (non-hydrogen) atoms. The molecule has 3 nitrogen and oxygen atoms in total. The molecule has 0 aliphatic heterocycles. The monoisotopic (exact) mass is 171 g/mol. The molecular formula is C7H11N2OS+. The fourth-order valence-corrected chi connectivity index (χ4v) is 1.16. The van der Waals surface area contributed by atoms with Crippen molar-refractivity contribution in [3.63, 3.8) is 0 Å². The molecule has 0 amide bonds. The van der Waals surface area contributed by atoms with Crippen molar-refractivity contribution < 1.29 is 5.11 Å². The SMILES string of the molecule is C=CCSCC/C(O)=C\[N+]#N. The molecule has 0 aromatic rings. The molecule has 1 N–H and O–H groups in total. The van der Waals surface area contributed by atoms with E-state index in [1.165, 1.54) is 0 Å². The summed E-state index contributed by atoms with van der Waals surface area (Å²) in [7, 11) is 0. The molecule has 0 aromatic heterocycles. The van der Waals surface area contributed by atoms with Gasteiger partial charge < -0.3 is 5.11 Å². The van der Waals surface area contributed by atoms with E-state index in [0.717, 1.165) is 17.7 Å². The van der Waals surface area contributed by atoms with Crippen molar-refractivity contribution in [3.05, 3.63) is 29.6 Å². The number of allylic oxidation sites excluding steroid dienone is 1. The summed E-state index contributed by atoms with van der Waals surface area (Å²) >= 11 is 1.67. The zero-order valence-corrected chi connectivity index (χ0v) is 7.05. The number of hydrogen-bond acceptors (Lipinski definition) is 3. The molecule has 60 valence electrons. The normalized spacial score (nSPS) is 10.6. The molecule has 0 aromatic carbocycles. The predicted octanol–water partition coefficient (Wildman–Crippen LogP) is 2.55. The first-order chi connectivity index (χ1) is 5.31. The lowest BCUT2D eigenvalue weighted by Crippen LogP contribution is -1.84. The van der Waals surface area contributed by atoms with Crippen molar-refractivity contribution in [3.8, 4) is 0 Å². The van der Waals surface area contributed by atoms with Gasteiger partial charge in [0.1, 0.15) is 0 Å². The Morgan fingerprint density at radius 2 is 2.45 bits per heavy atom. The molecule has 0 rings (SSSR count). The molecule has 0 saturated heterocycles. The van der Waals surface area contributed by atoms with E-state index in [4.69, 9.17) is 10.5 Å². The lowest BCUT2D eigenvalue weighted by Gasteiger charge is -1.93. The second kappa shape index (κ2) is 7.16. The van der Waals surface area contributed by atoms with Gasteiger partial charge in [-0.25, -0.2) is 0 Å². The molecule has 0 aliphatic carbocycles. The first-order valence-corrected chi connectivity index (χ1v) is 4.37. The average Bonchev–Trinajstić information content (AvgIpc) is 1.99. The Morgan fingerprint density at radius 1 is 1.73 bits per heavy atom. The van der Waals surface area contributed by atoms with E-state index in [9.17, 15) is 0 Å². The van der Waals surface area contributed by atoms with Gasteiger partial charge in [0.05, 0.1) is 0 Å². The summed E-state index contributed by atoms with van der Waals surface area (Å²) in [5.41, 5.74) is 0. The summed E-state index contributed by atoms with van der Waals surface area (Å²) in [6, 6.07) is 0. The first kappa shape index (κ1) is 10.0. The Bertz CT molecular complexity index is 183. The highest BCUT2D eigenvalue weighted by atomic mass is 32.2. The zero-order chi connectivity index (χ0) is 8.53. The van der Waals surface area contributed by atoms with E-state index in [1.807, 2.05) is 6.08 Å². The molecule has 0 unspecified atom stereocenters. The van der Waals surface area contributed by atoms with Crippen LogP contribution in [0, 0.1) is 5.39 Å². The van der Waals surface area contributed by atoms with E-state index in [0.29, 0.717) is 6.42 Å². The molecule has 4 heteroatoms. The van der Waals surface area contributed by atoms with Gasteiger partial charge in [-0.1, -0.05) is 6.08 Å². The van der Waals surface area contributed by atoms with Gasteiger partial charge in [0.25, 0.3) is 0 Å². The van der Waals surface area contributed by atoms with Gasteiger partial charge in [0, 0.05) is 17.9 Å². The summed E-state index contributed by atoms with van der Waals surface area (Å²) < 4.78 is 0. The number of diazo groups is 1. The summed E-state index contributed by atoms with van der Waals surface area (Å²) in [6.45, 7) is 3.56. The van der Waals surface area contributed by atoms with Gasteiger partial charge in [0.15, 0.2) is 10.7 Å². The molecular weight excluding hydrogens is 160 g/mol. The van der Waals surface area contributed by atoms with Gasteiger partial charge in [0.2, 0.25) is 5.39 Å². The van der Waals surface area contributed by atoms with Crippen molar-refractivity contribution in [2.75, 3.05) is 11.5 Å². The van der Waals surface area contributed by atoms with Crippen LogP contribution in [0.4, 0.5) is 0 Å². The number of hydrogen-bond donors (Lipinski definition) is 1. The van der Waals surface area contributed by atoms with Crippen LogP contribution in [-0.4, -0.2) is 16.6 Å². The maximum atomic E-state index is 8.92. The Morgan fingerprint density at radius 3 is 3.00 bits per heavy atom. The third-order valence-electron chi connectivity index (χ3n) is 0.945. The van der Waals surface area contributed by atoms with E-state index < -0.39 is 0 Å². The predicted molar refractivity (Wildman–Crippen MR) is 47.9 cm³/mol. The Balaban J connectivity index is 3.32. The number of nitrogens with zero attached hydrogens (tertiary/aromatic N) is 2. The minimum Gasteiger partial charge on any atom is -0.505 e. The largest absolute Gasteiger partial charge is 0.505 e. The van der Waals surface area contributed by atoms with Crippen molar-refractivity contribution in [2.24, 2.45) is 0 Å². The van der Waals surface area contributed by atoms with Crippen LogP contribution in [0.3, 0.4) is 0 Å². The van der Waals surface area contributed by atoms with Gasteiger partial charge in [-0.15, -0.1) is 6.58 Å². The highest BCUT2D eigenvalue weighted by Crippen LogP contribution is 2.06. The molecule has 0 saturated carbocycles. The first-order valence-electron chi connectivity index (χ1n) is 3.22. The zero-order valence-electron chi connectivity index (χ0n) is 6.23. The molecule has 0 radical (unpaired) electrons. The van der Waals surface area contributed by atoms with Gasteiger partial charge in [-0.05, 0) is 0 Å². The van der Waals surface area contributed by atoms with Crippen LogP contribution in [0.2, 0.25) is 0 Å². The fraction of sp³-hybridized carbons (Fsp3) is 0.429. The minimum absolute atomic E-state index is 0.101. The smallest absolute Gasteiger partial charge is 0.387 e. The highest BCUT2D eigenvalue weighted by molar-refractivity contribution is 7.99. The molecule has 0 atom stereocenters. The summed E-state index contributed by atoms with van der Waals surface area (Å²) in [5, 5.41) is 16.9. The topological polar surface area (TPSA) is 48.4 Å². The quantitative estimate of drug-likeness (QED) is 0.299. The summed E-state index contributed by atoms with van der Waals surface area (Å²) in [4.78, 5) is 2.69. The minimum atomic E-state index is 0.101. The van der Waals surface area contributed by atoms with Gasteiger partial charge in [-0.2, -0.15) is 11.8 Å². The number of aliphatic hydroxyl groups excluding tert-OH is 1. The van der Waals surface area contributed by atoms with Crippen LogP contribution >= 0.6 is 11.8 Å². The van der Waals surface area contributed by atoms with Crippen LogP contribution in [-0.2, 0) is 0 Å². The Hall–Kier alpha value is -0.950. The Labute approximate surface area is 70.4 Å². The molecule has 0 heterocycles. The maximum Gasteiger partial charge on any atom is 0.387 e. The molecule has 0 aliphatic rings. The molecule has 0 bridgehead atoms. The highest BCUT2D eigenvalue weighted by Gasteiger charge is 1.97. The third kappa shape index (κ3) is 6.94. The Kier molecular flexibility index (Phi) is 6.54. The van der Waals surface area contributed by atoms with Gasteiger partial charge >= 0.3 is 6.20 Å². The number of rotatable bonds is 5. The summed E-state index contributed by atoms with van der Waals surface area (Å²) in [6.07, 6.45) is 3.37. The van der Waals surface area contributed by atoms with Gasteiger partial charge in [-0.3, -0.25) is 0 Å². The molecule has 0 fully saturated rings. The van der Waals surface area contributed by atoms with Crippen LogP contribution in [0.1, 0.15) is 6.42 Å². The lowest BCUT2D eigenvalue weighted by molar-refractivity contribution is 0.395. The maximum absolute atomic E-state index is 8.92. The van der Waals surface area contributed by atoms with Crippen LogP contribution in [0.15, 0.2) is 24.6 Å². The van der Waals surface area contributed by atoms with E-state index >= 15 is 0 Å². The van der Waals surface area contributed by atoms with Crippen molar-refractivity contribution in [2.45, 2.75) is 6.42 Å². The van der Waals surface area contributed by atoms with Crippen molar-refractivity contribution >= 4 is 11.8 Å². The average molecular weight is 171 g/mol. The second-order valence-corrected chi connectivity index (χ2v) is 3.00. The fourth-order valence-electron chi connectivity index (χ4n) is 0.475. The van der Waals surface area contributed by atoms with Crippen LogP contribution < -0.4 is 0 Å². The van der Waals surface area contributed by atoms with Crippen molar-refractivity contribution in [1.29, 1.82) is 5.39 Å². The van der Waals surface area contributed by atoms with E-state index in [2.05, 4.69) is 11.6 Å². The molecule has 0 spiro atoms. The second-order valence-electron chi connectivity index (χ2n) is 1.85. The van der Waals surface area contributed by atoms with E-state index in [-0.39, 0.29) is 5.76 Å². The van der Waals surface area contributed by atoms with Crippen molar-refractivity contribution in [1.82, 2.24) is 0 Å². The standard InChI is InChI=1S/C7H10N2OS/c1-2-4-11-5-3-7(10)6-9-8/h2,6H,1,3-5H2/p+1/b7-6+. The third-order valence-corrected chi connectivity index (χ3v) is 1.91. The van der Waals surface area contributed by atoms with Crippen LogP contribution in [0.5, 0.6) is 0 Å². The summed E-state index contributed by atoms with van der Waals surface area (Å²) in [5.74, 6) is 1.79.